The van der Waals surface area contributed by atoms with Crippen LogP contribution in [0.2, 0.25) is 5.02 Å². The first-order valence-corrected chi connectivity index (χ1v) is 12.4. The number of hydrogen-bond acceptors (Lipinski definition) is 5. The summed E-state index contributed by atoms with van der Waals surface area (Å²) in [5.74, 6) is -0.860. The van der Waals surface area contributed by atoms with Crippen LogP contribution in [-0.2, 0) is 9.84 Å². The van der Waals surface area contributed by atoms with Gasteiger partial charge in [-0.15, -0.1) is 11.3 Å². The van der Waals surface area contributed by atoms with Crippen LogP contribution in [0.25, 0.3) is 21.7 Å². The van der Waals surface area contributed by atoms with Crippen LogP contribution in [0.4, 0.5) is 10.1 Å². The van der Waals surface area contributed by atoms with Crippen LogP contribution in [0.1, 0.15) is 9.80 Å². The zero-order valence-corrected chi connectivity index (χ0v) is 19.1. The molecular weight excluding hydrogens is 471 g/mol. The largest absolute Gasteiger partial charge is 0.320 e. The quantitative estimate of drug-likeness (QED) is 0.379. The third kappa shape index (κ3) is 4.72. The normalized spacial score (nSPS) is 11.3. The Bertz CT molecular complexity index is 1400. The molecule has 0 aliphatic carbocycles. The van der Waals surface area contributed by atoms with E-state index < -0.39 is 21.6 Å². The first-order chi connectivity index (χ1) is 15.2. The summed E-state index contributed by atoms with van der Waals surface area (Å²) >= 11 is 6.99. The van der Waals surface area contributed by atoms with Crippen LogP contribution in [0, 0.1) is 5.82 Å². The van der Waals surface area contributed by atoms with Gasteiger partial charge in [-0.1, -0.05) is 41.9 Å². The minimum atomic E-state index is -3.56. The molecule has 0 radical (unpaired) electrons. The van der Waals surface area contributed by atoms with Gasteiger partial charge in [-0.05, 0) is 48.0 Å². The van der Waals surface area contributed by atoms with Crippen molar-refractivity contribution in [1.82, 2.24) is 4.98 Å². The lowest BCUT2D eigenvalue weighted by atomic mass is 10.1. The molecule has 0 spiro atoms. The molecule has 1 aromatic heterocycles. The number of amides is 1. The molecule has 32 heavy (non-hydrogen) atoms. The van der Waals surface area contributed by atoms with Crippen LogP contribution in [-0.4, -0.2) is 25.6 Å². The average Bonchev–Trinajstić information content (AvgIpc) is 3.21. The van der Waals surface area contributed by atoms with Gasteiger partial charge >= 0.3 is 0 Å². The van der Waals surface area contributed by atoms with Gasteiger partial charge < -0.3 is 5.32 Å². The van der Waals surface area contributed by atoms with Crippen molar-refractivity contribution in [3.63, 3.8) is 0 Å². The molecule has 9 heteroatoms. The highest BCUT2D eigenvalue weighted by atomic mass is 35.5. The molecule has 0 unspecified atom stereocenters. The number of halogens is 2. The van der Waals surface area contributed by atoms with Crippen molar-refractivity contribution >= 4 is 44.4 Å². The van der Waals surface area contributed by atoms with Gasteiger partial charge in [-0.3, -0.25) is 4.79 Å². The number of hydrogen-bond donors (Lipinski definition) is 1. The summed E-state index contributed by atoms with van der Waals surface area (Å²) in [5, 5.41) is 3.43. The fourth-order valence-electron chi connectivity index (χ4n) is 3.10. The second-order valence-corrected chi connectivity index (χ2v) is 10.4. The summed E-state index contributed by atoms with van der Waals surface area (Å²) in [6.45, 7) is 0. The average molecular weight is 487 g/mol. The van der Waals surface area contributed by atoms with Crippen molar-refractivity contribution in [3.8, 4) is 21.7 Å². The first-order valence-electron chi connectivity index (χ1n) is 9.35. The number of aromatic nitrogens is 1. The van der Waals surface area contributed by atoms with Crippen molar-refractivity contribution in [3.05, 3.63) is 88.6 Å². The Morgan fingerprint density at radius 3 is 2.31 bits per heavy atom. The first kappa shape index (κ1) is 22.1. The zero-order valence-electron chi connectivity index (χ0n) is 16.7. The van der Waals surface area contributed by atoms with E-state index in [1.54, 1.807) is 54.6 Å². The third-order valence-corrected chi connectivity index (χ3v) is 7.08. The molecular formula is C23H16ClFN2O3S2. The summed E-state index contributed by atoms with van der Waals surface area (Å²) in [6, 6.07) is 18.8. The minimum absolute atomic E-state index is 0.0957. The van der Waals surface area contributed by atoms with Gasteiger partial charge in [0.25, 0.3) is 5.91 Å². The molecule has 5 nitrogen and oxygen atoms in total. The smallest absolute Gasteiger partial charge is 0.284 e. The number of sulfone groups is 1. The maximum Gasteiger partial charge on any atom is 0.284 e. The van der Waals surface area contributed by atoms with Gasteiger partial charge in [0.1, 0.15) is 5.82 Å². The van der Waals surface area contributed by atoms with E-state index in [1.165, 1.54) is 18.2 Å². The van der Waals surface area contributed by atoms with Crippen LogP contribution in [0.15, 0.2) is 77.7 Å². The molecule has 0 saturated carbocycles. The Labute approximate surface area is 193 Å². The molecule has 3 aromatic carbocycles. The fourth-order valence-corrected chi connectivity index (χ4v) is 5.10. The molecule has 1 N–H and O–H groups in total. The Morgan fingerprint density at radius 2 is 1.66 bits per heavy atom. The number of nitrogens with zero attached hydrogens (tertiary/aromatic N) is 1. The van der Waals surface area contributed by atoms with Crippen molar-refractivity contribution in [2.45, 2.75) is 4.90 Å². The molecule has 0 atom stereocenters. The summed E-state index contributed by atoms with van der Waals surface area (Å²) < 4.78 is 38.2. The van der Waals surface area contributed by atoms with Crippen LogP contribution in [0.5, 0.6) is 0 Å². The predicted molar refractivity (Wildman–Crippen MR) is 125 cm³/mol. The lowest BCUT2D eigenvalue weighted by Crippen LogP contribution is -2.11. The summed E-state index contributed by atoms with van der Waals surface area (Å²) in [6.07, 6.45) is 1.12. The van der Waals surface area contributed by atoms with E-state index in [4.69, 9.17) is 11.6 Å². The lowest BCUT2D eigenvalue weighted by Gasteiger charge is -2.08. The van der Waals surface area contributed by atoms with E-state index in [1.807, 2.05) is 0 Å². The number of thiazole rings is 1. The topological polar surface area (TPSA) is 76.1 Å². The van der Waals surface area contributed by atoms with E-state index >= 15 is 0 Å². The van der Waals surface area contributed by atoms with Crippen molar-refractivity contribution in [1.29, 1.82) is 0 Å². The van der Waals surface area contributed by atoms with E-state index in [0.29, 0.717) is 32.4 Å². The molecule has 0 aliphatic heterocycles. The SMILES string of the molecule is CS(=O)(=O)c1ccccc1-c1nc(C(=O)Nc2ccc(Cl)cc2)sc1-c1ccc(F)cc1. The van der Waals surface area contributed by atoms with Crippen molar-refractivity contribution in [2.75, 3.05) is 11.6 Å². The van der Waals surface area contributed by atoms with Crippen LogP contribution < -0.4 is 5.32 Å². The predicted octanol–water partition coefficient (Wildman–Crippen LogP) is 5.93. The highest BCUT2D eigenvalue weighted by Gasteiger charge is 2.23. The van der Waals surface area contributed by atoms with E-state index in [0.717, 1.165) is 17.6 Å². The van der Waals surface area contributed by atoms with Gasteiger partial charge in [-0.25, -0.2) is 17.8 Å². The summed E-state index contributed by atoms with van der Waals surface area (Å²) in [5.41, 5.74) is 1.86. The summed E-state index contributed by atoms with van der Waals surface area (Å²) in [4.78, 5) is 18.0. The fraction of sp³-hybridized carbons (Fsp3) is 0.0435. The second kappa shape index (κ2) is 8.82. The maximum atomic E-state index is 13.5. The Morgan fingerprint density at radius 1 is 1.00 bits per heavy atom. The molecule has 0 fully saturated rings. The molecule has 4 aromatic rings. The molecule has 0 bridgehead atoms. The Kier molecular flexibility index (Phi) is 6.10. The van der Waals surface area contributed by atoms with Crippen LogP contribution >= 0.6 is 22.9 Å². The van der Waals surface area contributed by atoms with E-state index in [9.17, 15) is 17.6 Å². The highest BCUT2D eigenvalue weighted by Crippen LogP contribution is 2.39. The lowest BCUT2D eigenvalue weighted by molar-refractivity contribution is 0.102. The molecule has 162 valence electrons. The van der Waals surface area contributed by atoms with Gasteiger partial charge in [0.05, 0.1) is 15.5 Å². The monoisotopic (exact) mass is 486 g/mol. The molecule has 0 saturated heterocycles. The molecule has 1 heterocycles. The van der Waals surface area contributed by atoms with Crippen LogP contribution in [0.3, 0.4) is 0 Å². The van der Waals surface area contributed by atoms with E-state index in [-0.39, 0.29) is 9.90 Å². The standard InChI is InChI=1S/C23H16ClFN2O3S2/c1-32(29,30)19-5-3-2-4-18(19)20-21(14-6-10-16(25)11-7-14)31-23(27-20)22(28)26-17-12-8-15(24)9-13-17/h2-13H,1H3,(H,26,28). The van der Waals surface area contributed by atoms with Gasteiger partial charge in [0.2, 0.25) is 0 Å². The van der Waals surface area contributed by atoms with Gasteiger partial charge in [0.15, 0.2) is 14.8 Å². The number of carbonyl (C=O) groups is 1. The minimum Gasteiger partial charge on any atom is -0.320 e. The Hall–Kier alpha value is -3.07. The molecule has 4 rings (SSSR count). The van der Waals surface area contributed by atoms with Crippen molar-refractivity contribution < 1.29 is 17.6 Å². The van der Waals surface area contributed by atoms with Gasteiger partial charge in [0, 0.05) is 22.5 Å². The van der Waals surface area contributed by atoms with Crippen molar-refractivity contribution in [2.24, 2.45) is 0 Å². The summed E-state index contributed by atoms with van der Waals surface area (Å²) in [7, 11) is -3.56. The number of benzene rings is 3. The number of anilines is 1. The van der Waals surface area contributed by atoms with E-state index in [2.05, 4.69) is 10.3 Å². The zero-order chi connectivity index (χ0) is 22.9. The number of carbonyl (C=O) groups excluding carboxylic acids is 1. The highest BCUT2D eigenvalue weighted by molar-refractivity contribution is 7.90. The van der Waals surface area contributed by atoms with Gasteiger partial charge in [-0.2, -0.15) is 0 Å². The molecule has 1 amide bonds. The number of rotatable bonds is 5. The number of nitrogens with one attached hydrogen (secondary N) is 1. The maximum absolute atomic E-state index is 13.5. The molecule has 0 aliphatic rings. The third-order valence-electron chi connectivity index (χ3n) is 4.57. The second-order valence-electron chi connectivity index (χ2n) is 6.93. The Balaban J connectivity index is 1.84.